The number of rotatable bonds is 5. The summed E-state index contributed by atoms with van der Waals surface area (Å²) in [7, 11) is -3.09. The first-order valence-electron chi connectivity index (χ1n) is 15.8. The van der Waals surface area contributed by atoms with Crippen LogP contribution in [-0.2, 0) is 4.57 Å². The van der Waals surface area contributed by atoms with Crippen LogP contribution in [0.4, 0.5) is 0 Å². The van der Waals surface area contributed by atoms with Crippen molar-refractivity contribution >= 4 is 66.5 Å². The first-order chi connectivity index (χ1) is 23.2. The zero-order valence-electron chi connectivity index (χ0n) is 25.5. The third-order valence-corrected chi connectivity index (χ3v) is 12.3. The maximum absolute atomic E-state index is 15.0. The van der Waals surface area contributed by atoms with Gasteiger partial charge in [-0.05, 0) is 24.3 Å². The second-order valence-corrected chi connectivity index (χ2v) is 14.6. The molecule has 2 heterocycles. The molecule has 222 valence electrons. The molecular formula is C43H29N2OP. The maximum atomic E-state index is 15.0. The van der Waals surface area contributed by atoms with Crippen molar-refractivity contribution in [3.05, 3.63) is 176 Å². The van der Waals surface area contributed by atoms with Gasteiger partial charge in [-0.3, -0.25) is 0 Å². The zero-order valence-corrected chi connectivity index (χ0v) is 26.4. The Morgan fingerprint density at radius 1 is 0.447 bits per heavy atom. The Morgan fingerprint density at radius 2 is 0.979 bits per heavy atom. The molecular weight excluding hydrogens is 591 g/mol. The van der Waals surface area contributed by atoms with Crippen LogP contribution in [0.1, 0.15) is 0 Å². The molecule has 9 rings (SSSR count). The van der Waals surface area contributed by atoms with Crippen molar-refractivity contribution in [2.24, 2.45) is 0 Å². The Kier molecular flexibility index (Phi) is 6.41. The normalized spacial score (nSPS) is 11.9. The summed E-state index contributed by atoms with van der Waals surface area (Å²) in [6.07, 6.45) is 0. The van der Waals surface area contributed by atoms with Crippen LogP contribution in [-0.4, -0.2) is 9.55 Å². The van der Waals surface area contributed by atoms with Crippen molar-refractivity contribution in [1.82, 2.24) is 9.55 Å². The fourth-order valence-corrected chi connectivity index (χ4v) is 9.76. The molecule has 47 heavy (non-hydrogen) atoms. The van der Waals surface area contributed by atoms with Crippen LogP contribution in [0, 0.1) is 0 Å². The number of nitrogens with zero attached hydrogens (tertiary/aromatic N) is 2. The van der Waals surface area contributed by atoms with E-state index < -0.39 is 7.14 Å². The molecule has 7 aromatic carbocycles. The van der Waals surface area contributed by atoms with Crippen LogP contribution in [0.5, 0.6) is 0 Å². The van der Waals surface area contributed by atoms with Gasteiger partial charge in [0.2, 0.25) is 0 Å². The summed E-state index contributed by atoms with van der Waals surface area (Å²) in [5.74, 6) is 0. The lowest BCUT2D eigenvalue weighted by Crippen LogP contribution is -2.24. The van der Waals surface area contributed by atoms with Gasteiger partial charge in [-0.15, -0.1) is 0 Å². The molecule has 0 radical (unpaired) electrons. The summed E-state index contributed by atoms with van der Waals surface area (Å²) in [5.41, 5.74) is 6.30. The number of hydrogen-bond donors (Lipinski definition) is 0. The van der Waals surface area contributed by atoms with Gasteiger partial charge >= 0.3 is 0 Å². The van der Waals surface area contributed by atoms with Crippen LogP contribution in [0.2, 0.25) is 0 Å². The highest BCUT2D eigenvalue weighted by Gasteiger charge is 2.29. The molecule has 0 amide bonds. The van der Waals surface area contributed by atoms with E-state index in [-0.39, 0.29) is 0 Å². The van der Waals surface area contributed by atoms with Gasteiger partial charge in [-0.2, -0.15) is 0 Å². The monoisotopic (exact) mass is 620 g/mol. The maximum Gasteiger partial charge on any atom is 0.171 e. The van der Waals surface area contributed by atoms with Crippen molar-refractivity contribution in [2.45, 2.75) is 0 Å². The number of benzene rings is 7. The van der Waals surface area contributed by atoms with Gasteiger partial charge in [-0.1, -0.05) is 152 Å². The summed E-state index contributed by atoms with van der Waals surface area (Å²) < 4.78 is 17.4. The highest BCUT2D eigenvalue weighted by atomic mass is 31.2. The van der Waals surface area contributed by atoms with Crippen LogP contribution in [0.25, 0.3) is 60.4 Å². The number of fused-ring (bicyclic) bond motifs is 7. The molecule has 4 heteroatoms. The molecule has 0 saturated heterocycles. The predicted molar refractivity (Wildman–Crippen MR) is 198 cm³/mol. The molecule has 2 aromatic heterocycles. The van der Waals surface area contributed by atoms with Crippen LogP contribution < -0.4 is 15.9 Å². The van der Waals surface area contributed by atoms with Crippen molar-refractivity contribution in [2.75, 3.05) is 0 Å². The fourth-order valence-electron chi connectivity index (χ4n) is 7.11. The number of hydrogen-bond acceptors (Lipinski definition) is 2. The Hall–Kier alpha value is -5.76. The van der Waals surface area contributed by atoms with E-state index in [1.165, 1.54) is 27.2 Å². The molecule has 0 fully saturated rings. The van der Waals surface area contributed by atoms with Crippen molar-refractivity contribution < 1.29 is 4.57 Å². The fraction of sp³-hybridized carbons (Fsp3) is 0. The molecule has 0 atom stereocenters. The number of pyridine rings is 1. The second-order valence-electron chi connectivity index (χ2n) is 11.9. The molecule has 0 aliphatic rings. The Morgan fingerprint density at radius 3 is 1.66 bits per heavy atom. The van der Waals surface area contributed by atoms with E-state index in [0.29, 0.717) is 0 Å². The Labute approximate surface area is 272 Å². The standard InChI is InChI=1S/C43H29N2OP/c46-47(32-16-6-2-7-17-32,33-18-8-3-9-19-33)34-26-24-30(25-27-34)42-38-29-28-36-35-20-11-13-23-40(35)45(31-14-4-1-5-15-31)43(36)41(38)37-21-10-12-22-39(37)44-42/h1-29H. The lowest BCUT2D eigenvalue weighted by atomic mass is 9.97. The number of aromatic nitrogens is 2. The zero-order chi connectivity index (χ0) is 31.4. The minimum atomic E-state index is -3.09. The van der Waals surface area contributed by atoms with Gasteiger partial charge in [0.25, 0.3) is 0 Å². The third-order valence-electron chi connectivity index (χ3n) is 9.26. The van der Waals surface area contributed by atoms with E-state index in [4.69, 9.17) is 4.98 Å². The van der Waals surface area contributed by atoms with Crippen LogP contribution >= 0.6 is 7.14 Å². The minimum absolute atomic E-state index is 0.801. The average Bonchev–Trinajstić information content (AvgIpc) is 3.50. The molecule has 3 nitrogen and oxygen atoms in total. The lowest BCUT2D eigenvalue weighted by Gasteiger charge is -2.20. The molecule has 9 aromatic rings. The van der Waals surface area contributed by atoms with E-state index in [9.17, 15) is 0 Å². The van der Waals surface area contributed by atoms with Gasteiger partial charge < -0.3 is 9.13 Å². The molecule has 0 unspecified atom stereocenters. The average molecular weight is 621 g/mol. The predicted octanol–water partition coefficient (Wildman–Crippen LogP) is 9.79. The molecule has 0 bridgehead atoms. The minimum Gasteiger partial charge on any atom is -0.309 e. The van der Waals surface area contributed by atoms with Crippen LogP contribution in [0.3, 0.4) is 0 Å². The van der Waals surface area contributed by atoms with E-state index in [2.05, 4.69) is 108 Å². The quantitative estimate of drug-likeness (QED) is 0.142. The Balaban J connectivity index is 1.32. The third kappa shape index (κ3) is 4.28. The van der Waals surface area contributed by atoms with Gasteiger partial charge in [0, 0.05) is 54.1 Å². The summed E-state index contributed by atoms with van der Waals surface area (Å²) in [4.78, 5) is 5.27. The van der Waals surface area contributed by atoms with E-state index in [1.807, 2.05) is 72.8 Å². The molecule has 0 aliphatic heterocycles. The highest BCUT2D eigenvalue weighted by molar-refractivity contribution is 7.85. The second kappa shape index (κ2) is 10.9. The summed E-state index contributed by atoms with van der Waals surface area (Å²) in [6, 6.07) is 60.0. The lowest BCUT2D eigenvalue weighted by molar-refractivity contribution is 0.592. The van der Waals surface area contributed by atoms with Crippen molar-refractivity contribution in [3.63, 3.8) is 0 Å². The first kappa shape index (κ1) is 27.5. The van der Waals surface area contributed by atoms with E-state index >= 15 is 4.57 Å². The summed E-state index contributed by atoms with van der Waals surface area (Å²) in [5, 5.41) is 8.25. The first-order valence-corrected chi connectivity index (χ1v) is 17.5. The largest absolute Gasteiger partial charge is 0.309 e. The smallest absolute Gasteiger partial charge is 0.171 e. The van der Waals surface area contributed by atoms with Gasteiger partial charge in [-0.25, -0.2) is 4.98 Å². The molecule has 0 saturated carbocycles. The van der Waals surface area contributed by atoms with Crippen molar-refractivity contribution in [3.8, 4) is 16.9 Å². The van der Waals surface area contributed by atoms with Gasteiger partial charge in [0.05, 0.1) is 22.2 Å². The van der Waals surface area contributed by atoms with Gasteiger partial charge in [0.1, 0.15) is 0 Å². The summed E-state index contributed by atoms with van der Waals surface area (Å²) in [6.45, 7) is 0. The highest BCUT2D eigenvalue weighted by Crippen LogP contribution is 2.44. The van der Waals surface area contributed by atoms with E-state index in [1.54, 1.807) is 0 Å². The van der Waals surface area contributed by atoms with Gasteiger partial charge in [0.15, 0.2) is 7.14 Å². The molecule has 0 N–H and O–H groups in total. The Bertz CT molecular complexity index is 2590. The summed E-state index contributed by atoms with van der Waals surface area (Å²) >= 11 is 0. The topological polar surface area (TPSA) is 34.9 Å². The SMILES string of the molecule is O=P(c1ccccc1)(c1ccccc1)c1ccc(-c2nc3ccccc3c3c2ccc2c4ccccc4n(-c4ccccc4)c23)cc1. The molecule has 0 aliphatic carbocycles. The van der Waals surface area contributed by atoms with E-state index in [0.717, 1.165) is 49.1 Å². The molecule has 0 spiro atoms. The van der Waals surface area contributed by atoms with Crippen LogP contribution in [0.15, 0.2) is 176 Å². The number of para-hydroxylation sites is 3. The van der Waals surface area contributed by atoms with Crippen molar-refractivity contribution in [1.29, 1.82) is 0 Å².